The topological polar surface area (TPSA) is 74.3 Å². The number of aliphatic carboxylic acids is 1. The smallest absolute Gasteiger partial charge is 0.321 e. The number of carboxylic acids is 1. The normalized spacial score (nSPS) is 12.0. The minimum atomic E-state index is -0.907. The number of ether oxygens (including phenoxy) is 1. The molecule has 0 fully saturated rings. The van der Waals surface area contributed by atoms with Gasteiger partial charge in [0, 0.05) is 35.6 Å². The molecule has 0 saturated heterocycles. The van der Waals surface area contributed by atoms with Gasteiger partial charge in [0.05, 0.1) is 0 Å². The quantitative estimate of drug-likeness (QED) is 0.369. The third-order valence-electron chi connectivity index (χ3n) is 5.22. The van der Waals surface area contributed by atoms with Gasteiger partial charge >= 0.3 is 5.97 Å². The number of rotatable bonds is 9. The lowest BCUT2D eigenvalue weighted by Crippen LogP contribution is -2.38. The molecule has 4 rings (SSSR count). The molecule has 31 heavy (non-hydrogen) atoms. The lowest BCUT2D eigenvalue weighted by atomic mass is 10.0. The molecule has 1 heterocycles. The molecular formula is C25H23FN2O3. The zero-order valence-corrected chi connectivity index (χ0v) is 16.8. The molecule has 0 amide bonds. The van der Waals surface area contributed by atoms with Gasteiger partial charge in [0.1, 0.15) is 24.2 Å². The summed E-state index contributed by atoms with van der Waals surface area (Å²) >= 11 is 0. The number of carbonyl (C=O) groups is 1. The van der Waals surface area contributed by atoms with E-state index in [9.17, 15) is 14.3 Å². The van der Waals surface area contributed by atoms with Gasteiger partial charge in [0.15, 0.2) is 0 Å². The number of hydrogen-bond acceptors (Lipinski definition) is 3. The van der Waals surface area contributed by atoms with E-state index in [1.54, 1.807) is 12.1 Å². The van der Waals surface area contributed by atoms with Crippen LogP contribution in [0.25, 0.3) is 10.9 Å². The van der Waals surface area contributed by atoms with Gasteiger partial charge in [-0.25, -0.2) is 4.39 Å². The summed E-state index contributed by atoms with van der Waals surface area (Å²) in [6.07, 6.45) is 2.22. The second-order valence-corrected chi connectivity index (χ2v) is 7.36. The minimum absolute atomic E-state index is 0.289. The number of benzene rings is 3. The van der Waals surface area contributed by atoms with E-state index in [1.807, 2.05) is 54.7 Å². The zero-order valence-electron chi connectivity index (χ0n) is 16.8. The average molecular weight is 418 g/mol. The molecule has 0 aliphatic carbocycles. The van der Waals surface area contributed by atoms with Crippen LogP contribution in [-0.2, 0) is 24.4 Å². The van der Waals surface area contributed by atoms with Crippen molar-refractivity contribution in [1.29, 1.82) is 0 Å². The van der Waals surface area contributed by atoms with Gasteiger partial charge in [0.25, 0.3) is 0 Å². The number of carboxylic acid groups (broad SMARTS) is 1. The van der Waals surface area contributed by atoms with Crippen LogP contribution in [0, 0.1) is 5.82 Å². The van der Waals surface area contributed by atoms with E-state index in [4.69, 9.17) is 4.74 Å². The Bertz CT molecular complexity index is 1170. The molecule has 158 valence electrons. The summed E-state index contributed by atoms with van der Waals surface area (Å²) in [5.41, 5.74) is 3.65. The third kappa shape index (κ3) is 5.10. The Labute approximate surface area is 179 Å². The van der Waals surface area contributed by atoms with Gasteiger partial charge in [-0.2, -0.15) is 0 Å². The molecule has 5 nitrogen and oxygen atoms in total. The first-order valence-corrected chi connectivity index (χ1v) is 10.1. The van der Waals surface area contributed by atoms with Crippen molar-refractivity contribution in [3.8, 4) is 5.75 Å². The van der Waals surface area contributed by atoms with Crippen molar-refractivity contribution in [2.45, 2.75) is 25.6 Å². The number of para-hydroxylation sites is 2. The number of fused-ring (bicyclic) bond motifs is 1. The highest BCUT2D eigenvalue weighted by atomic mass is 19.1. The number of aromatic amines is 1. The van der Waals surface area contributed by atoms with Gasteiger partial charge in [-0.15, -0.1) is 0 Å². The molecule has 6 heteroatoms. The van der Waals surface area contributed by atoms with Gasteiger partial charge in [-0.05, 0) is 35.4 Å². The Kier molecular flexibility index (Phi) is 6.29. The maximum Gasteiger partial charge on any atom is 0.321 e. The largest absolute Gasteiger partial charge is 0.489 e. The van der Waals surface area contributed by atoms with E-state index in [1.165, 1.54) is 12.1 Å². The zero-order chi connectivity index (χ0) is 21.6. The summed E-state index contributed by atoms with van der Waals surface area (Å²) in [5.74, 6) is -0.534. The van der Waals surface area contributed by atoms with E-state index in [-0.39, 0.29) is 5.82 Å². The molecule has 1 aromatic heterocycles. The molecule has 1 atom stereocenters. The van der Waals surface area contributed by atoms with Crippen LogP contribution in [0.1, 0.15) is 16.7 Å². The number of halogens is 1. The van der Waals surface area contributed by atoms with Gasteiger partial charge in [-0.1, -0.05) is 48.5 Å². The van der Waals surface area contributed by atoms with Gasteiger partial charge < -0.3 is 14.8 Å². The maximum absolute atomic E-state index is 13.1. The molecule has 1 unspecified atom stereocenters. The fourth-order valence-electron chi connectivity index (χ4n) is 3.53. The predicted octanol–water partition coefficient (Wildman–Crippen LogP) is 4.67. The highest BCUT2D eigenvalue weighted by Crippen LogP contribution is 2.21. The molecule has 3 aromatic carbocycles. The first-order valence-electron chi connectivity index (χ1n) is 10.1. The second-order valence-electron chi connectivity index (χ2n) is 7.36. The molecule has 0 radical (unpaired) electrons. The molecule has 3 N–H and O–H groups in total. The fraction of sp³-hybridized carbons (Fsp3) is 0.160. The van der Waals surface area contributed by atoms with Crippen LogP contribution in [0.2, 0.25) is 0 Å². The van der Waals surface area contributed by atoms with Crippen molar-refractivity contribution in [3.05, 3.63) is 102 Å². The molecule has 0 aliphatic rings. The van der Waals surface area contributed by atoms with Gasteiger partial charge in [-0.3, -0.25) is 10.1 Å². The lowest BCUT2D eigenvalue weighted by Gasteiger charge is -2.16. The Balaban J connectivity index is 1.43. The third-order valence-corrected chi connectivity index (χ3v) is 5.22. The molecule has 0 spiro atoms. The highest BCUT2D eigenvalue weighted by Gasteiger charge is 2.20. The first-order chi connectivity index (χ1) is 15.1. The number of hydrogen-bond donors (Lipinski definition) is 3. The summed E-state index contributed by atoms with van der Waals surface area (Å²) in [5, 5.41) is 13.9. The average Bonchev–Trinajstić information content (AvgIpc) is 3.19. The van der Waals surface area contributed by atoms with Crippen molar-refractivity contribution in [3.63, 3.8) is 0 Å². The van der Waals surface area contributed by atoms with E-state index < -0.39 is 12.0 Å². The first kappa shape index (κ1) is 20.6. The van der Waals surface area contributed by atoms with Crippen molar-refractivity contribution in [2.24, 2.45) is 0 Å². The van der Waals surface area contributed by atoms with E-state index in [0.29, 0.717) is 25.3 Å². The van der Waals surface area contributed by atoms with Crippen molar-refractivity contribution in [2.75, 3.05) is 0 Å². The van der Waals surface area contributed by atoms with Crippen LogP contribution in [-0.4, -0.2) is 22.1 Å². The summed E-state index contributed by atoms with van der Waals surface area (Å²) < 4.78 is 19.0. The summed E-state index contributed by atoms with van der Waals surface area (Å²) in [7, 11) is 0. The van der Waals surface area contributed by atoms with Crippen LogP contribution in [0.3, 0.4) is 0 Å². The van der Waals surface area contributed by atoms with Crippen molar-refractivity contribution < 1.29 is 19.0 Å². The molecular weight excluding hydrogens is 395 g/mol. The number of aromatic nitrogens is 1. The van der Waals surface area contributed by atoms with E-state index >= 15 is 0 Å². The fourth-order valence-corrected chi connectivity index (χ4v) is 3.53. The van der Waals surface area contributed by atoms with Crippen LogP contribution in [0.4, 0.5) is 4.39 Å². The SMILES string of the molecule is O=C(O)C(Cc1c[nH]c2ccccc12)NCc1ccccc1OCc1ccc(F)cc1. The Morgan fingerprint density at radius 1 is 1.00 bits per heavy atom. The summed E-state index contributed by atoms with van der Waals surface area (Å²) in [4.78, 5) is 15.1. The highest BCUT2D eigenvalue weighted by molar-refractivity contribution is 5.84. The minimum Gasteiger partial charge on any atom is -0.489 e. The van der Waals surface area contributed by atoms with Crippen molar-refractivity contribution >= 4 is 16.9 Å². The monoisotopic (exact) mass is 418 g/mol. The molecule has 0 aliphatic heterocycles. The maximum atomic E-state index is 13.1. The van der Waals surface area contributed by atoms with Crippen LogP contribution >= 0.6 is 0 Å². The summed E-state index contributed by atoms with van der Waals surface area (Å²) in [6.45, 7) is 0.647. The Morgan fingerprint density at radius 3 is 2.55 bits per heavy atom. The van der Waals surface area contributed by atoms with Crippen LogP contribution in [0.5, 0.6) is 5.75 Å². The van der Waals surface area contributed by atoms with Crippen LogP contribution < -0.4 is 10.1 Å². The molecule has 4 aromatic rings. The van der Waals surface area contributed by atoms with Crippen molar-refractivity contribution in [1.82, 2.24) is 10.3 Å². The lowest BCUT2D eigenvalue weighted by molar-refractivity contribution is -0.139. The number of nitrogens with one attached hydrogen (secondary N) is 2. The Morgan fingerprint density at radius 2 is 1.74 bits per heavy atom. The molecule has 0 saturated carbocycles. The van der Waals surface area contributed by atoms with E-state index in [2.05, 4.69) is 10.3 Å². The number of H-pyrrole nitrogens is 1. The predicted molar refractivity (Wildman–Crippen MR) is 117 cm³/mol. The molecule has 0 bridgehead atoms. The standard InChI is InChI=1S/C25H23FN2O3/c26-20-11-9-17(10-12-20)16-31-24-8-4-1-5-18(24)14-28-23(25(29)30)13-19-15-27-22-7-3-2-6-21(19)22/h1-12,15,23,27-28H,13-14,16H2,(H,29,30). The van der Waals surface area contributed by atoms with E-state index in [0.717, 1.165) is 27.6 Å². The summed E-state index contributed by atoms with van der Waals surface area (Å²) in [6, 6.07) is 20.7. The van der Waals surface area contributed by atoms with Crippen LogP contribution in [0.15, 0.2) is 79.0 Å². The second kappa shape index (κ2) is 9.45. The Hall–Kier alpha value is -3.64. The van der Waals surface area contributed by atoms with Gasteiger partial charge in [0.2, 0.25) is 0 Å².